The van der Waals surface area contributed by atoms with Crippen molar-refractivity contribution in [3.63, 3.8) is 0 Å². The lowest BCUT2D eigenvalue weighted by molar-refractivity contribution is -0.387. The molecule has 0 spiro atoms. The molecule has 0 amide bonds. The highest BCUT2D eigenvalue weighted by molar-refractivity contribution is 5.89. The number of benzene rings is 1. The van der Waals surface area contributed by atoms with Gasteiger partial charge in [-0.05, 0) is 12.1 Å². The van der Waals surface area contributed by atoms with E-state index >= 15 is 0 Å². The monoisotopic (exact) mass is 200 g/mol. The fraction of sp³-hybridized carbons (Fsp3) is 0. The number of hydrogen-bond donors (Lipinski definition) is 1. The molecule has 1 aromatic rings. The van der Waals surface area contributed by atoms with Crippen molar-refractivity contribution in [3.05, 3.63) is 39.7 Å². The molecule has 0 atom stereocenters. The summed E-state index contributed by atoms with van der Waals surface area (Å²) in [5, 5.41) is 10.3. The quantitative estimate of drug-likeness (QED) is 0.561. The summed E-state index contributed by atoms with van der Waals surface area (Å²) >= 11 is 0. The van der Waals surface area contributed by atoms with Gasteiger partial charge in [-0.15, -0.1) is 0 Å². The Labute approximate surface area is 77.2 Å². The van der Waals surface area contributed by atoms with E-state index in [4.69, 9.17) is 0 Å². The van der Waals surface area contributed by atoms with E-state index < -0.39 is 22.4 Å². The Bertz CT molecular complexity index is 393. The lowest BCUT2D eigenvalue weighted by Gasteiger charge is -1.98. The number of carbonyl (C=O) groups excluding carboxylic acids is 1. The molecule has 0 bridgehead atoms. The van der Waals surface area contributed by atoms with E-state index in [9.17, 15) is 19.3 Å². The number of nitro benzene ring substituents is 1. The van der Waals surface area contributed by atoms with Crippen LogP contribution >= 0.6 is 0 Å². The van der Waals surface area contributed by atoms with Gasteiger partial charge in [0.25, 0.3) is 0 Å². The third-order valence-electron chi connectivity index (χ3n) is 1.49. The summed E-state index contributed by atoms with van der Waals surface area (Å²) in [6.07, 6.45) is 0. The third-order valence-corrected chi connectivity index (χ3v) is 1.49. The first kappa shape index (κ1) is 10.1. The molecular weight excluding hydrogens is 195 g/mol. The number of nitro groups is 1. The van der Waals surface area contributed by atoms with Gasteiger partial charge < -0.3 is 4.84 Å². The van der Waals surface area contributed by atoms with Crippen molar-refractivity contribution in [2.45, 2.75) is 0 Å². The second-order valence-corrected chi connectivity index (χ2v) is 2.33. The van der Waals surface area contributed by atoms with E-state index in [1.807, 2.05) is 0 Å². The van der Waals surface area contributed by atoms with Gasteiger partial charge in [-0.25, -0.2) is 4.79 Å². The minimum Gasteiger partial charge on any atom is -0.370 e. The van der Waals surface area contributed by atoms with Crippen molar-refractivity contribution in [2.75, 3.05) is 0 Å². The second-order valence-electron chi connectivity index (χ2n) is 2.33. The van der Waals surface area contributed by atoms with Gasteiger partial charge in [0.2, 0.25) is 5.82 Å². The first-order valence-electron chi connectivity index (χ1n) is 3.41. The number of hydrogen-bond acceptors (Lipinski definition) is 5. The van der Waals surface area contributed by atoms with Crippen LogP contribution in [-0.4, -0.2) is 10.9 Å². The highest BCUT2D eigenvalue weighted by Gasteiger charge is 2.17. The van der Waals surface area contributed by atoms with E-state index in [-0.39, 0.29) is 5.56 Å². The Balaban J connectivity index is 3.19. The molecule has 0 saturated heterocycles. The lowest BCUT2D eigenvalue weighted by atomic mass is 10.2. The van der Waals surface area contributed by atoms with Crippen molar-refractivity contribution < 1.29 is 18.9 Å². The van der Waals surface area contributed by atoms with Crippen molar-refractivity contribution in [2.24, 2.45) is 5.90 Å². The van der Waals surface area contributed by atoms with E-state index in [2.05, 4.69) is 10.7 Å². The van der Waals surface area contributed by atoms with Gasteiger partial charge in [-0.3, -0.25) is 10.1 Å². The minimum atomic E-state index is -1.02. The van der Waals surface area contributed by atoms with E-state index in [1.165, 1.54) is 0 Å². The molecule has 0 aromatic heterocycles. The SMILES string of the molecule is NOC(=O)c1ccc(F)c([N+](=O)[O-])c1. The van der Waals surface area contributed by atoms with Gasteiger partial charge >= 0.3 is 11.7 Å². The molecule has 74 valence electrons. The Kier molecular flexibility index (Phi) is 2.73. The van der Waals surface area contributed by atoms with Crippen molar-refractivity contribution in [3.8, 4) is 0 Å². The van der Waals surface area contributed by atoms with Crippen LogP contribution in [0.3, 0.4) is 0 Å². The molecule has 0 heterocycles. The molecule has 0 fully saturated rings. The smallest absolute Gasteiger partial charge is 0.356 e. The van der Waals surface area contributed by atoms with Crippen LogP contribution in [0.5, 0.6) is 0 Å². The molecule has 1 aromatic carbocycles. The molecule has 0 radical (unpaired) electrons. The average Bonchev–Trinajstić information content (AvgIpc) is 2.17. The zero-order valence-corrected chi connectivity index (χ0v) is 6.77. The number of carbonyl (C=O) groups is 1. The summed E-state index contributed by atoms with van der Waals surface area (Å²) in [4.78, 5) is 24.0. The van der Waals surface area contributed by atoms with E-state index in [0.717, 1.165) is 18.2 Å². The van der Waals surface area contributed by atoms with Crippen LogP contribution in [0.4, 0.5) is 10.1 Å². The number of nitrogens with zero attached hydrogens (tertiary/aromatic N) is 1. The van der Waals surface area contributed by atoms with Gasteiger partial charge in [0.1, 0.15) is 0 Å². The number of halogens is 1. The van der Waals surface area contributed by atoms with Crippen molar-refractivity contribution >= 4 is 11.7 Å². The topological polar surface area (TPSA) is 95.5 Å². The van der Waals surface area contributed by atoms with Crippen molar-refractivity contribution in [1.82, 2.24) is 0 Å². The van der Waals surface area contributed by atoms with E-state index in [1.54, 1.807) is 0 Å². The summed E-state index contributed by atoms with van der Waals surface area (Å²) in [6.45, 7) is 0. The summed E-state index contributed by atoms with van der Waals surface area (Å²) in [5.41, 5.74) is -0.978. The van der Waals surface area contributed by atoms with Gasteiger partial charge in [-0.1, -0.05) is 0 Å². The molecule has 0 saturated carbocycles. The molecule has 14 heavy (non-hydrogen) atoms. The molecule has 0 aliphatic carbocycles. The largest absolute Gasteiger partial charge is 0.370 e. The molecule has 2 N–H and O–H groups in total. The summed E-state index contributed by atoms with van der Waals surface area (Å²) in [7, 11) is 0. The lowest BCUT2D eigenvalue weighted by Crippen LogP contribution is -2.10. The van der Waals surface area contributed by atoms with Crippen LogP contribution < -0.4 is 5.90 Å². The predicted octanol–water partition coefficient (Wildman–Crippen LogP) is 0.764. The standard InChI is InChI=1S/C7H5FN2O4/c8-5-2-1-4(7(11)14-9)3-6(5)10(12)13/h1-3H,9H2. The minimum absolute atomic E-state index is 0.180. The Morgan fingerprint density at radius 1 is 1.57 bits per heavy atom. The fourth-order valence-electron chi connectivity index (χ4n) is 0.848. The van der Waals surface area contributed by atoms with Crippen LogP contribution in [0.25, 0.3) is 0 Å². The third kappa shape index (κ3) is 1.83. The molecule has 0 aliphatic heterocycles. The van der Waals surface area contributed by atoms with Crippen molar-refractivity contribution in [1.29, 1.82) is 0 Å². The summed E-state index contributed by atoms with van der Waals surface area (Å²) in [5.74, 6) is 2.57. The van der Waals surface area contributed by atoms with Gasteiger partial charge in [0.15, 0.2) is 0 Å². The number of rotatable bonds is 2. The van der Waals surface area contributed by atoms with Gasteiger partial charge in [0, 0.05) is 6.07 Å². The van der Waals surface area contributed by atoms with Crippen LogP contribution in [0.1, 0.15) is 10.4 Å². The second kappa shape index (κ2) is 3.79. The fourth-order valence-corrected chi connectivity index (χ4v) is 0.848. The molecule has 1 rings (SSSR count). The molecular formula is C7H5FN2O4. The zero-order chi connectivity index (χ0) is 10.7. The Morgan fingerprint density at radius 2 is 2.21 bits per heavy atom. The van der Waals surface area contributed by atoms with Gasteiger partial charge in [-0.2, -0.15) is 10.3 Å². The van der Waals surface area contributed by atoms with Crippen LogP contribution in [0.2, 0.25) is 0 Å². The maximum atomic E-state index is 12.8. The highest BCUT2D eigenvalue weighted by atomic mass is 19.1. The molecule has 0 aliphatic rings. The Morgan fingerprint density at radius 3 is 2.71 bits per heavy atom. The maximum Gasteiger partial charge on any atom is 0.356 e. The number of nitrogens with two attached hydrogens (primary N) is 1. The molecule has 0 unspecified atom stereocenters. The average molecular weight is 200 g/mol. The summed E-state index contributed by atoms with van der Waals surface area (Å²) < 4.78 is 12.8. The molecule has 7 heteroatoms. The predicted molar refractivity (Wildman–Crippen MR) is 42.7 cm³/mol. The van der Waals surface area contributed by atoms with Crippen LogP contribution in [-0.2, 0) is 4.84 Å². The zero-order valence-electron chi connectivity index (χ0n) is 6.77. The first-order chi connectivity index (χ1) is 6.56. The van der Waals surface area contributed by atoms with Crippen LogP contribution in [0.15, 0.2) is 18.2 Å². The maximum absolute atomic E-state index is 12.8. The van der Waals surface area contributed by atoms with E-state index in [0.29, 0.717) is 0 Å². The normalized spacial score (nSPS) is 9.57. The van der Waals surface area contributed by atoms with Crippen LogP contribution in [0, 0.1) is 15.9 Å². The highest BCUT2D eigenvalue weighted by Crippen LogP contribution is 2.18. The van der Waals surface area contributed by atoms with Gasteiger partial charge in [0.05, 0.1) is 10.5 Å². The first-order valence-corrected chi connectivity index (χ1v) is 3.41. The molecule has 6 nitrogen and oxygen atoms in total. The Hall–Kier alpha value is -2.02. The summed E-state index contributed by atoms with van der Waals surface area (Å²) in [6, 6.07) is 2.59.